The molecule has 5 heteroatoms. The first-order chi connectivity index (χ1) is 8.04. The molecule has 4 nitrogen and oxygen atoms in total. The van der Waals surface area contributed by atoms with Crippen molar-refractivity contribution in [3.63, 3.8) is 0 Å². The second kappa shape index (κ2) is 4.33. The predicted molar refractivity (Wildman–Crippen MR) is 63.6 cm³/mol. The van der Waals surface area contributed by atoms with Gasteiger partial charge in [-0.15, -0.1) is 6.58 Å². The van der Waals surface area contributed by atoms with Crippen LogP contribution in [-0.2, 0) is 14.8 Å². The standard InChI is InChI=1S/C12H13NO3S/c1-2-9-8-11(9)12(14)13-17(15,16)10-6-4-3-5-7-10/h2-7,9,11H,1,8H2,(H,13,14). The van der Waals surface area contributed by atoms with Crippen molar-refractivity contribution in [2.75, 3.05) is 0 Å². The molecule has 0 bridgehead atoms. The topological polar surface area (TPSA) is 63.2 Å². The lowest BCUT2D eigenvalue weighted by atomic mass is 10.3. The monoisotopic (exact) mass is 251 g/mol. The van der Waals surface area contributed by atoms with Gasteiger partial charge in [0.1, 0.15) is 0 Å². The second-order valence-electron chi connectivity index (χ2n) is 4.02. The minimum atomic E-state index is -3.73. The van der Waals surface area contributed by atoms with E-state index < -0.39 is 15.9 Å². The van der Waals surface area contributed by atoms with Crippen LogP contribution in [0, 0.1) is 11.8 Å². The molecule has 2 atom stereocenters. The first-order valence-electron chi connectivity index (χ1n) is 5.29. The average molecular weight is 251 g/mol. The van der Waals surface area contributed by atoms with Crippen LogP contribution in [0.4, 0.5) is 0 Å². The highest BCUT2D eigenvalue weighted by molar-refractivity contribution is 7.90. The number of nitrogens with one attached hydrogen (secondary N) is 1. The number of rotatable bonds is 4. The molecule has 0 aliphatic heterocycles. The molecule has 90 valence electrons. The van der Waals surface area contributed by atoms with E-state index in [1.54, 1.807) is 24.3 Å². The van der Waals surface area contributed by atoms with Gasteiger partial charge in [-0.2, -0.15) is 0 Å². The molecule has 2 unspecified atom stereocenters. The summed E-state index contributed by atoms with van der Waals surface area (Å²) in [6.45, 7) is 3.58. The maximum atomic E-state index is 11.8. The highest BCUT2D eigenvalue weighted by atomic mass is 32.2. The van der Waals surface area contributed by atoms with Crippen molar-refractivity contribution in [2.24, 2.45) is 11.8 Å². The Hall–Kier alpha value is -1.62. The van der Waals surface area contributed by atoms with E-state index in [0.717, 1.165) is 0 Å². The van der Waals surface area contributed by atoms with Crippen molar-refractivity contribution in [3.8, 4) is 0 Å². The number of benzene rings is 1. The van der Waals surface area contributed by atoms with E-state index in [9.17, 15) is 13.2 Å². The predicted octanol–water partition coefficient (Wildman–Crippen LogP) is 1.31. The Bertz CT molecular complexity index is 536. The van der Waals surface area contributed by atoms with Crippen LogP contribution in [0.25, 0.3) is 0 Å². The van der Waals surface area contributed by atoms with E-state index >= 15 is 0 Å². The molecule has 0 spiro atoms. The van der Waals surface area contributed by atoms with Gasteiger partial charge in [0.15, 0.2) is 0 Å². The Balaban J connectivity index is 2.09. The van der Waals surface area contributed by atoms with Crippen molar-refractivity contribution in [1.82, 2.24) is 4.72 Å². The van der Waals surface area contributed by atoms with Crippen LogP contribution in [0.2, 0.25) is 0 Å². The molecule has 1 aliphatic carbocycles. The van der Waals surface area contributed by atoms with E-state index in [2.05, 4.69) is 11.3 Å². The number of hydrogen-bond acceptors (Lipinski definition) is 3. The zero-order chi connectivity index (χ0) is 12.5. The summed E-state index contributed by atoms with van der Waals surface area (Å²) in [5.41, 5.74) is 0. The summed E-state index contributed by atoms with van der Waals surface area (Å²) < 4.78 is 25.7. The molecule has 1 fully saturated rings. The molecule has 1 N–H and O–H groups in total. The van der Waals surface area contributed by atoms with E-state index in [4.69, 9.17) is 0 Å². The maximum Gasteiger partial charge on any atom is 0.264 e. The first kappa shape index (κ1) is 11.9. The number of hydrogen-bond donors (Lipinski definition) is 1. The Morgan fingerprint density at radius 3 is 2.53 bits per heavy atom. The summed E-state index contributed by atoms with van der Waals surface area (Å²) in [7, 11) is -3.73. The molecule has 1 aromatic carbocycles. The molecule has 0 heterocycles. The number of carbonyl (C=O) groups is 1. The molecule has 17 heavy (non-hydrogen) atoms. The van der Waals surface area contributed by atoms with Gasteiger partial charge in [0.25, 0.3) is 10.0 Å². The van der Waals surface area contributed by atoms with Crippen LogP contribution in [0.1, 0.15) is 6.42 Å². The molecule has 1 aromatic rings. The summed E-state index contributed by atoms with van der Waals surface area (Å²) in [4.78, 5) is 11.7. The van der Waals surface area contributed by atoms with Crippen molar-refractivity contribution >= 4 is 15.9 Å². The van der Waals surface area contributed by atoms with Gasteiger partial charge in [-0.3, -0.25) is 4.79 Å². The third-order valence-electron chi connectivity index (χ3n) is 2.77. The normalized spacial score (nSPS) is 22.8. The summed E-state index contributed by atoms with van der Waals surface area (Å²) in [6, 6.07) is 7.85. The van der Waals surface area contributed by atoms with Gasteiger partial charge in [-0.1, -0.05) is 24.3 Å². The molecule has 1 amide bonds. The molecule has 0 aromatic heterocycles. The lowest BCUT2D eigenvalue weighted by Gasteiger charge is -2.05. The van der Waals surface area contributed by atoms with Crippen LogP contribution in [-0.4, -0.2) is 14.3 Å². The van der Waals surface area contributed by atoms with Crippen LogP contribution < -0.4 is 4.72 Å². The van der Waals surface area contributed by atoms with E-state index in [1.807, 2.05) is 0 Å². The van der Waals surface area contributed by atoms with Crippen molar-refractivity contribution in [2.45, 2.75) is 11.3 Å². The van der Waals surface area contributed by atoms with Gasteiger partial charge in [0.05, 0.1) is 4.90 Å². The lowest BCUT2D eigenvalue weighted by molar-refractivity contribution is -0.120. The molecular formula is C12H13NO3S. The van der Waals surface area contributed by atoms with Gasteiger partial charge < -0.3 is 0 Å². The fourth-order valence-corrected chi connectivity index (χ4v) is 2.69. The average Bonchev–Trinajstić information content (AvgIpc) is 3.09. The third kappa shape index (κ3) is 2.55. The molecular weight excluding hydrogens is 238 g/mol. The Kier molecular flexibility index (Phi) is 3.02. The fourth-order valence-electron chi connectivity index (χ4n) is 1.64. The van der Waals surface area contributed by atoms with Crippen LogP contribution in [0.15, 0.2) is 47.9 Å². The van der Waals surface area contributed by atoms with Crippen LogP contribution in [0.3, 0.4) is 0 Å². The van der Waals surface area contributed by atoms with Crippen molar-refractivity contribution in [3.05, 3.63) is 43.0 Å². The number of amides is 1. The summed E-state index contributed by atoms with van der Waals surface area (Å²) >= 11 is 0. The SMILES string of the molecule is C=CC1CC1C(=O)NS(=O)(=O)c1ccccc1. The second-order valence-corrected chi connectivity index (χ2v) is 5.71. The Morgan fingerprint density at radius 2 is 2.00 bits per heavy atom. The van der Waals surface area contributed by atoms with Gasteiger partial charge in [0.2, 0.25) is 5.91 Å². The highest BCUT2D eigenvalue weighted by Gasteiger charge is 2.42. The lowest BCUT2D eigenvalue weighted by Crippen LogP contribution is -2.32. The van der Waals surface area contributed by atoms with E-state index in [-0.39, 0.29) is 16.7 Å². The number of allylic oxidation sites excluding steroid dienone is 1. The summed E-state index contributed by atoms with van der Waals surface area (Å²) in [5, 5.41) is 0. The van der Waals surface area contributed by atoms with Gasteiger partial charge in [-0.05, 0) is 24.5 Å². The highest BCUT2D eigenvalue weighted by Crippen LogP contribution is 2.39. The quantitative estimate of drug-likeness (QED) is 0.821. The largest absolute Gasteiger partial charge is 0.274 e. The first-order valence-corrected chi connectivity index (χ1v) is 6.77. The van der Waals surface area contributed by atoms with Crippen LogP contribution >= 0.6 is 0 Å². The Labute approximate surface area is 100 Å². The minimum Gasteiger partial charge on any atom is -0.274 e. The number of sulfonamides is 1. The minimum absolute atomic E-state index is 0.101. The zero-order valence-corrected chi connectivity index (χ0v) is 9.98. The number of carbonyl (C=O) groups excluding carboxylic acids is 1. The van der Waals surface area contributed by atoms with Crippen LogP contribution in [0.5, 0.6) is 0 Å². The zero-order valence-electron chi connectivity index (χ0n) is 9.17. The molecule has 1 saturated carbocycles. The van der Waals surface area contributed by atoms with E-state index in [1.165, 1.54) is 12.1 Å². The van der Waals surface area contributed by atoms with Gasteiger partial charge in [-0.25, -0.2) is 13.1 Å². The third-order valence-corrected chi connectivity index (χ3v) is 4.13. The van der Waals surface area contributed by atoms with Crippen molar-refractivity contribution in [1.29, 1.82) is 0 Å². The van der Waals surface area contributed by atoms with E-state index in [0.29, 0.717) is 6.42 Å². The smallest absolute Gasteiger partial charge is 0.264 e. The maximum absolute atomic E-state index is 11.8. The van der Waals surface area contributed by atoms with Gasteiger partial charge >= 0.3 is 0 Å². The molecule has 2 rings (SSSR count). The fraction of sp³-hybridized carbons (Fsp3) is 0.250. The molecule has 1 aliphatic rings. The van der Waals surface area contributed by atoms with Crippen molar-refractivity contribution < 1.29 is 13.2 Å². The Morgan fingerprint density at radius 1 is 1.35 bits per heavy atom. The molecule has 0 radical (unpaired) electrons. The van der Waals surface area contributed by atoms with Gasteiger partial charge in [0, 0.05) is 5.92 Å². The molecule has 0 saturated heterocycles. The summed E-state index contributed by atoms with van der Waals surface area (Å²) in [6.07, 6.45) is 2.36. The summed E-state index contributed by atoms with van der Waals surface area (Å²) in [5.74, 6) is -0.578.